The highest BCUT2D eigenvalue weighted by molar-refractivity contribution is 5.77. The maximum absolute atomic E-state index is 10.2. The third-order valence-electron chi connectivity index (χ3n) is 3.27. The van der Waals surface area contributed by atoms with Crippen molar-refractivity contribution in [1.82, 2.24) is 0 Å². The SMILES string of the molecule is CCc1ccc(-c2c(O)ccc(CC)c2O)cc1. The van der Waals surface area contributed by atoms with Crippen LogP contribution in [-0.2, 0) is 12.8 Å². The molecule has 2 rings (SSSR count). The second-order valence-electron chi connectivity index (χ2n) is 4.37. The lowest BCUT2D eigenvalue weighted by molar-refractivity contribution is 0.450. The first-order valence-electron chi connectivity index (χ1n) is 6.30. The molecule has 2 aromatic carbocycles. The van der Waals surface area contributed by atoms with E-state index in [1.54, 1.807) is 12.1 Å². The molecule has 0 bridgehead atoms. The molecule has 0 aliphatic heterocycles. The van der Waals surface area contributed by atoms with Gasteiger partial charge in [0.15, 0.2) is 0 Å². The summed E-state index contributed by atoms with van der Waals surface area (Å²) in [6.45, 7) is 4.08. The lowest BCUT2D eigenvalue weighted by Crippen LogP contribution is -1.88. The molecule has 2 nitrogen and oxygen atoms in total. The van der Waals surface area contributed by atoms with E-state index >= 15 is 0 Å². The van der Waals surface area contributed by atoms with Crippen LogP contribution in [0.2, 0.25) is 0 Å². The summed E-state index contributed by atoms with van der Waals surface area (Å²) < 4.78 is 0. The van der Waals surface area contributed by atoms with Crippen LogP contribution in [0.1, 0.15) is 25.0 Å². The normalized spacial score (nSPS) is 10.6. The van der Waals surface area contributed by atoms with Crippen LogP contribution in [0.4, 0.5) is 0 Å². The second kappa shape index (κ2) is 5.13. The number of hydrogen-bond donors (Lipinski definition) is 2. The molecule has 0 fully saturated rings. The van der Waals surface area contributed by atoms with Crippen LogP contribution >= 0.6 is 0 Å². The largest absolute Gasteiger partial charge is 0.507 e. The van der Waals surface area contributed by atoms with Crippen LogP contribution in [0.5, 0.6) is 11.5 Å². The van der Waals surface area contributed by atoms with Crippen LogP contribution in [-0.4, -0.2) is 10.2 Å². The summed E-state index contributed by atoms with van der Waals surface area (Å²) in [7, 11) is 0. The van der Waals surface area contributed by atoms with Crippen LogP contribution in [0, 0.1) is 0 Å². The molecule has 0 unspecified atom stereocenters. The molecule has 18 heavy (non-hydrogen) atoms. The Labute approximate surface area is 108 Å². The van der Waals surface area contributed by atoms with Gasteiger partial charge in [0.25, 0.3) is 0 Å². The fraction of sp³-hybridized carbons (Fsp3) is 0.250. The van der Waals surface area contributed by atoms with Crippen molar-refractivity contribution in [2.24, 2.45) is 0 Å². The number of aryl methyl sites for hydroxylation is 2. The molecule has 0 aliphatic carbocycles. The van der Waals surface area contributed by atoms with Crippen molar-refractivity contribution >= 4 is 0 Å². The minimum Gasteiger partial charge on any atom is -0.507 e. The molecular formula is C16H18O2. The first-order valence-corrected chi connectivity index (χ1v) is 6.30. The van der Waals surface area contributed by atoms with Crippen molar-refractivity contribution in [2.75, 3.05) is 0 Å². The van der Waals surface area contributed by atoms with E-state index in [1.807, 2.05) is 31.2 Å². The van der Waals surface area contributed by atoms with Gasteiger partial charge in [-0.25, -0.2) is 0 Å². The third kappa shape index (κ3) is 2.19. The van der Waals surface area contributed by atoms with Gasteiger partial charge in [-0.1, -0.05) is 44.2 Å². The maximum atomic E-state index is 10.2. The summed E-state index contributed by atoms with van der Waals surface area (Å²) in [6.07, 6.45) is 1.72. The second-order valence-corrected chi connectivity index (χ2v) is 4.37. The van der Waals surface area contributed by atoms with Gasteiger partial charge >= 0.3 is 0 Å². The predicted octanol–water partition coefficient (Wildman–Crippen LogP) is 3.89. The average molecular weight is 242 g/mol. The molecule has 2 heteroatoms. The van der Waals surface area contributed by atoms with Crippen LogP contribution in [0.25, 0.3) is 11.1 Å². The van der Waals surface area contributed by atoms with Crippen molar-refractivity contribution in [3.05, 3.63) is 47.5 Å². The molecule has 94 valence electrons. The van der Waals surface area contributed by atoms with Crippen LogP contribution in [0.3, 0.4) is 0 Å². The van der Waals surface area contributed by atoms with Gasteiger partial charge in [-0.05, 0) is 35.6 Å². The lowest BCUT2D eigenvalue weighted by atomic mass is 9.98. The molecule has 0 saturated heterocycles. The Kier molecular flexibility index (Phi) is 3.56. The van der Waals surface area contributed by atoms with E-state index in [1.165, 1.54) is 5.56 Å². The Balaban J connectivity index is 2.55. The van der Waals surface area contributed by atoms with E-state index in [0.717, 1.165) is 24.0 Å². The first-order chi connectivity index (χ1) is 8.67. The number of phenols is 2. The smallest absolute Gasteiger partial charge is 0.130 e. The Morgan fingerprint density at radius 1 is 0.833 bits per heavy atom. The highest BCUT2D eigenvalue weighted by Crippen LogP contribution is 2.39. The number of phenolic OH excluding ortho intramolecular Hbond substituents is 2. The number of rotatable bonds is 3. The fourth-order valence-electron chi connectivity index (χ4n) is 2.10. The number of benzene rings is 2. The van der Waals surface area contributed by atoms with E-state index < -0.39 is 0 Å². The van der Waals surface area contributed by atoms with E-state index in [2.05, 4.69) is 6.92 Å². The molecule has 0 saturated carbocycles. The Morgan fingerprint density at radius 2 is 1.50 bits per heavy atom. The molecule has 0 amide bonds. The topological polar surface area (TPSA) is 40.5 Å². The van der Waals surface area contributed by atoms with Gasteiger partial charge < -0.3 is 10.2 Å². The fourth-order valence-corrected chi connectivity index (χ4v) is 2.10. The minimum atomic E-state index is 0.119. The molecule has 2 aromatic rings. The van der Waals surface area contributed by atoms with Crippen LogP contribution < -0.4 is 0 Å². The van der Waals surface area contributed by atoms with Gasteiger partial charge in [-0.2, -0.15) is 0 Å². The summed E-state index contributed by atoms with van der Waals surface area (Å²) in [6, 6.07) is 11.3. The van der Waals surface area contributed by atoms with Gasteiger partial charge in [0, 0.05) is 0 Å². The Morgan fingerprint density at radius 3 is 2.06 bits per heavy atom. The zero-order valence-corrected chi connectivity index (χ0v) is 10.8. The molecule has 0 heterocycles. The quantitative estimate of drug-likeness (QED) is 0.857. The van der Waals surface area contributed by atoms with Gasteiger partial charge in [-0.15, -0.1) is 0 Å². The van der Waals surface area contributed by atoms with Crippen molar-refractivity contribution in [3.63, 3.8) is 0 Å². The number of aromatic hydroxyl groups is 2. The molecule has 0 atom stereocenters. The van der Waals surface area contributed by atoms with E-state index in [4.69, 9.17) is 0 Å². The highest BCUT2D eigenvalue weighted by atomic mass is 16.3. The van der Waals surface area contributed by atoms with Gasteiger partial charge in [-0.3, -0.25) is 0 Å². The first kappa shape index (κ1) is 12.5. The van der Waals surface area contributed by atoms with Gasteiger partial charge in [0.05, 0.1) is 5.56 Å². The highest BCUT2D eigenvalue weighted by Gasteiger charge is 2.13. The third-order valence-corrected chi connectivity index (χ3v) is 3.27. The number of hydrogen-bond acceptors (Lipinski definition) is 2. The van der Waals surface area contributed by atoms with Crippen molar-refractivity contribution in [1.29, 1.82) is 0 Å². The van der Waals surface area contributed by atoms with E-state index in [9.17, 15) is 10.2 Å². The van der Waals surface area contributed by atoms with Crippen molar-refractivity contribution in [2.45, 2.75) is 26.7 Å². The van der Waals surface area contributed by atoms with E-state index in [-0.39, 0.29) is 11.5 Å². The zero-order valence-electron chi connectivity index (χ0n) is 10.8. The predicted molar refractivity (Wildman–Crippen MR) is 74.0 cm³/mol. The molecule has 0 aromatic heterocycles. The van der Waals surface area contributed by atoms with Crippen molar-refractivity contribution < 1.29 is 10.2 Å². The van der Waals surface area contributed by atoms with Gasteiger partial charge in [0.1, 0.15) is 11.5 Å². The summed E-state index contributed by atoms with van der Waals surface area (Å²) in [5.74, 6) is 0.302. The maximum Gasteiger partial charge on any atom is 0.130 e. The zero-order chi connectivity index (χ0) is 13.1. The molecule has 0 spiro atoms. The van der Waals surface area contributed by atoms with Crippen molar-refractivity contribution in [3.8, 4) is 22.6 Å². The Bertz CT molecular complexity index is 542. The molecule has 2 N–H and O–H groups in total. The van der Waals surface area contributed by atoms with E-state index in [0.29, 0.717) is 5.56 Å². The average Bonchev–Trinajstić information content (AvgIpc) is 2.40. The van der Waals surface area contributed by atoms with Crippen LogP contribution in [0.15, 0.2) is 36.4 Å². The molecule has 0 aliphatic rings. The molecular weight excluding hydrogens is 224 g/mol. The minimum absolute atomic E-state index is 0.119. The monoisotopic (exact) mass is 242 g/mol. The Hall–Kier alpha value is -1.96. The summed E-state index contributed by atoms with van der Waals surface area (Å²) in [4.78, 5) is 0. The molecule has 0 radical (unpaired) electrons. The van der Waals surface area contributed by atoms with Gasteiger partial charge in [0.2, 0.25) is 0 Å². The summed E-state index contributed by atoms with van der Waals surface area (Å²) in [5, 5.41) is 20.1. The summed E-state index contributed by atoms with van der Waals surface area (Å²) >= 11 is 0. The summed E-state index contributed by atoms with van der Waals surface area (Å²) in [5.41, 5.74) is 3.46. The lowest BCUT2D eigenvalue weighted by Gasteiger charge is -2.11. The standard InChI is InChI=1S/C16H18O2/c1-3-11-5-7-13(8-6-11)15-14(17)10-9-12(4-2)16(15)18/h5-10,17-18H,3-4H2,1-2H3.